The number of esters is 1. The molecule has 3 aromatic carbocycles. The minimum Gasteiger partial charge on any atom is -0.477 e. The van der Waals surface area contributed by atoms with Crippen LogP contribution >= 0.6 is 18.9 Å². The number of aromatic carboxylic acids is 1. The predicted octanol–water partition coefficient (Wildman–Crippen LogP) is 7.40. The zero-order chi connectivity index (χ0) is 27.5. The number of halogens is 2. The van der Waals surface area contributed by atoms with Crippen molar-refractivity contribution in [1.82, 2.24) is 5.09 Å². The van der Waals surface area contributed by atoms with E-state index in [4.69, 9.17) is 9.26 Å². The summed E-state index contributed by atoms with van der Waals surface area (Å²) in [4.78, 5) is 23.8. The number of rotatable bonds is 11. The number of hydrogen-bond acceptors (Lipinski definition) is 6. The van der Waals surface area contributed by atoms with Crippen molar-refractivity contribution in [2.75, 3.05) is 6.61 Å². The molecular weight excluding hydrogens is 535 g/mol. The summed E-state index contributed by atoms with van der Waals surface area (Å²) < 4.78 is 57.8. The summed E-state index contributed by atoms with van der Waals surface area (Å²) in [6.45, 7) is 3.30. The van der Waals surface area contributed by atoms with E-state index in [2.05, 4.69) is 5.09 Å². The standard InChI is InChI=1S/C27H26F2NO6PS/c1-3-4-14-35-26(33)17(2)30-37(34,36-22-11-7-9-18-8-5-6-10-21(18)22)27(28,29)20-12-13-23-19(15-20)16-24(38-23)25(31)32/h5-13,15-17H,3-4,14H2,1-2H3,(H,30,34)(H,31,32). The maximum Gasteiger partial charge on any atom is 0.390 e. The van der Waals surface area contributed by atoms with Gasteiger partial charge in [0.2, 0.25) is 0 Å². The lowest BCUT2D eigenvalue weighted by Crippen LogP contribution is -2.39. The maximum atomic E-state index is 16.2. The lowest BCUT2D eigenvalue weighted by Gasteiger charge is -2.30. The predicted molar refractivity (Wildman–Crippen MR) is 143 cm³/mol. The summed E-state index contributed by atoms with van der Waals surface area (Å²) in [6.07, 6.45) is 1.36. The van der Waals surface area contributed by atoms with Crippen molar-refractivity contribution in [2.24, 2.45) is 0 Å². The largest absolute Gasteiger partial charge is 0.477 e. The van der Waals surface area contributed by atoms with E-state index in [0.717, 1.165) is 29.9 Å². The average Bonchev–Trinajstić information content (AvgIpc) is 3.33. The third kappa shape index (κ3) is 5.57. The number of unbranched alkanes of at least 4 members (excludes halogenated alkanes) is 1. The molecule has 200 valence electrons. The van der Waals surface area contributed by atoms with Crippen molar-refractivity contribution >= 4 is 51.7 Å². The Hall–Kier alpha value is -3.33. The van der Waals surface area contributed by atoms with Crippen molar-refractivity contribution in [3.8, 4) is 5.75 Å². The highest BCUT2D eigenvalue weighted by molar-refractivity contribution is 7.58. The molecule has 4 rings (SSSR count). The molecule has 0 radical (unpaired) electrons. The van der Waals surface area contributed by atoms with E-state index in [0.29, 0.717) is 21.9 Å². The molecule has 4 aromatic rings. The summed E-state index contributed by atoms with van der Waals surface area (Å²) in [5.41, 5.74) is -4.76. The Morgan fingerprint density at radius 3 is 2.55 bits per heavy atom. The number of fused-ring (bicyclic) bond motifs is 2. The number of hydrogen-bond donors (Lipinski definition) is 2. The topological polar surface area (TPSA) is 102 Å². The van der Waals surface area contributed by atoms with E-state index in [1.54, 1.807) is 36.4 Å². The van der Waals surface area contributed by atoms with Crippen molar-refractivity contribution in [3.63, 3.8) is 0 Å². The van der Waals surface area contributed by atoms with Gasteiger partial charge in [0.05, 0.1) is 6.61 Å². The van der Waals surface area contributed by atoms with Gasteiger partial charge in [0.25, 0.3) is 0 Å². The van der Waals surface area contributed by atoms with E-state index < -0.39 is 36.7 Å². The zero-order valence-electron chi connectivity index (χ0n) is 20.6. The smallest absolute Gasteiger partial charge is 0.390 e. The number of ether oxygens (including phenoxy) is 1. The summed E-state index contributed by atoms with van der Waals surface area (Å²) in [6, 6.07) is 15.1. The van der Waals surface area contributed by atoms with Gasteiger partial charge in [0.15, 0.2) is 0 Å². The Bertz CT molecular complexity index is 1530. The molecule has 0 aliphatic heterocycles. The van der Waals surface area contributed by atoms with Crippen LogP contribution in [0.2, 0.25) is 0 Å². The number of benzene rings is 3. The fraction of sp³-hybridized carbons (Fsp3) is 0.259. The molecule has 0 fully saturated rings. The molecule has 0 spiro atoms. The fourth-order valence-corrected chi connectivity index (χ4v) is 6.58. The highest BCUT2D eigenvalue weighted by Crippen LogP contribution is 2.63. The van der Waals surface area contributed by atoms with E-state index in [1.807, 2.05) is 6.92 Å². The normalized spacial score (nSPS) is 14.2. The minimum atomic E-state index is -5.21. The Morgan fingerprint density at radius 2 is 1.82 bits per heavy atom. The van der Waals surface area contributed by atoms with Gasteiger partial charge in [-0.15, -0.1) is 11.3 Å². The van der Waals surface area contributed by atoms with Gasteiger partial charge >= 0.3 is 25.1 Å². The summed E-state index contributed by atoms with van der Waals surface area (Å²) in [5.74, 6) is -2.06. The quantitative estimate of drug-likeness (QED) is 0.112. The molecule has 0 bridgehead atoms. The van der Waals surface area contributed by atoms with Gasteiger partial charge in [0, 0.05) is 15.6 Å². The third-order valence-corrected chi connectivity index (χ3v) is 9.16. The van der Waals surface area contributed by atoms with Gasteiger partial charge in [-0.3, -0.25) is 9.36 Å². The minimum absolute atomic E-state index is 0.0165. The first-order valence-electron chi connectivity index (χ1n) is 11.9. The van der Waals surface area contributed by atoms with Crippen molar-refractivity contribution in [1.29, 1.82) is 0 Å². The number of carboxylic acid groups (broad SMARTS) is 1. The van der Waals surface area contributed by atoms with Gasteiger partial charge in [0.1, 0.15) is 16.7 Å². The van der Waals surface area contributed by atoms with Crippen LogP contribution in [0.15, 0.2) is 66.7 Å². The average molecular weight is 562 g/mol. The van der Waals surface area contributed by atoms with Crippen LogP contribution in [0.4, 0.5) is 8.78 Å². The summed E-state index contributed by atoms with van der Waals surface area (Å²) >= 11 is 0.939. The Labute approximate surface area is 221 Å². The molecule has 0 aliphatic carbocycles. The van der Waals surface area contributed by atoms with Gasteiger partial charge < -0.3 is 14.4 Å². The summed E-state index contributed by atoms with van der Waals surface area (Å²) in [7, 11) is -5.21. The highest BCUT2D eigenvalue weighted by Gasteiger charge is 2.56. The molecule has 2 atom stereocenters. The first-order valence-corrected chi connectivity index (χ1v) is 14.4. The summed E-state index contributed by atoms with van der Waals surface area (Å²) in [5, 5.41) is 12.9. The number of thiophene rings is 1. The van der Waals surface area contributed by atoms with E-state index >= 15 is 8.78 Å². The molecule has 0 saturated carbocycles. The van der Waals surface area contributed by atoms with Gasteiger partial charge in [-0.05, 0) is 48.4 Å². The van der Waals surface area contributed by atoms with Crippen LogP contribution in [0.1, 0.15) is 41.9 Å². The van der Waals surface area contributed by atoms with E-state index in [9.17, 15) is 19.3 Å². The molecule has 0 saturated heterocycles. The van der Waals surface area contributed by atoms with Crippen molar-refractivity contribution in [3.05, 3.63) is 77.2 Å². The number of carbonyl (C=O) groups is 2. The Kier molecular flexibility index (Phi) is 8.16. The SMILES string of the molecule is CCCCOC(=O)C(C)NP(=O)(Oc1cccc2ccccc12)C(F)(F)c1ccc2sc(C(=O)O)cc2c1. The second-order valence-electron chi connectivity index (χ2n) is 8.70. The Morgan fingerprint density at radius 1 is 1.08 bits per heavy atom. The van der Waals surface area contributed by atoms with Crippen molar-refractivity contribution < 1.29 is 37.3 Å². The highest BCUT2D eigenvalue weighted by atomic mass is 32.1. The molecular formula is C27H26F2NO6PS. The molecule has 38 heavy (non-hydrogen) atoms. The van der Waals surface area contributed by atoms with Crippen molar-refractivity contribution in [2.45, 2.75) is 38.4 Å². The zero-order valence-corrected chi connectivity index (χ0v) is 22.4. The number of nitrogens with one attached hydrogen (secondary N) is 1. The third-order valence-electron chi connectivity index (χ3n) is 5.88. The molecule has 1 aromatic heterocycles. The van der Waals surface area contributed by atoms with Gasteiger partial charge in [-0.1, -0.05) is 55.8 Å². The van der Waals surface area contributed by atoms with Crippen LogP contribution in [0, 0.1) is 0 Å². The van der Waals surface area contributed by atoms with Crippen LogP contribution < -0.4 is 9.61 Å². The molecule has 2 unspecified atom stereocenters. The molecule has 0 amide bonds. The van der Waals surface area contributed by atoms with E-state index in [-0.39, 0.29) is 22.6 Å². The lowest BCUT2D eigenvalue weighted by molar-refractivity contribution is -0.145. The number of carbonyl (C=O) groups excluding carboxylic acids is 1. The molecule has 1 heterocycles. The van der Waals surface area contributed by atoms with Crippen LogP contribution in [0.5, 0.6) is 5.75 Å². The molecule has 11 heteroatoms. The van der Waals surface area contributed by atoms with E-state index in [1.165, 1.54) is 25.1 Å². The first kappa shape index (κ1) is 27.7. The molecule has 7 nitrogen and oxygen atoms in total. The molecule has 0 aliphatic rings. The second-order valence-corrected chi connectivity index (χ2v) is 11.9. The maximum absolute atomic E-state index is 16.2. The lowest BCUT2D eigenvalue weighted by atomic mass is 10.1. The van der Waals surface area contributed by atoms with Gasteiger partial charge in [-0.2, -0.15) is 8.78 Å². The number of carboxylic acids is 1. The number of alkyl halides is 2. The second kappa shape index (κ2) is 11.2. The Balaban J connectivity index is 1.76. The van der Waals surface area contributed by atoms with Crippen LogP contribution in [-0.4, -0.2) is 29.7 Å². The van der Waals surface area contributed by atoms with Crippen LogP contribution in [0.25, 0.3) is 20.9 Å². The fourth-order valence-electron chi connectivity index (χ4n) is 3.83. The van der Waals surface area contributed by atoms with Crippen LogP contribution in [0.3, 0.4) is 0 Å². The monoisotopic (exact) mass is 561 g/mol. The van der Waals surface area contributed by atoms with Gasteiger partial charge in [-0.25, -0.2) is 9.88 Å². The van der Waals surface area contributed by atoms with Crippen LogP contribution in [-0.2, 0) is 19.8 Å². The first-order chi connectivity index (χ1) is 18.1. The molecule has 2 N–H and O–H groups in total.